The first-order valence-electron chi connectivity index (χ1n) is 8.16. The van der Waals surface area contributed by atoms with Crippen LogP contribution in [-0.2, 0) is 11.3 Å². The fourth-order valence-corrected chi connectivity index (χ4v) is 3.03. The molecule has 1 amide bonds. The zero-order valence-electron chi connectivity index (χ0n) is 12.9. The van der Waals surface area contributed by atoms with E-state index in [0.29, 0.717) is 19.0 Å². The number of nitrogens with one attached hydrogen (secondary N) is 1. The van der Waals surface area contributed by atoms with Gasteiger partial charge in [-0.05, 0) is 44.4 Å². The van der Waals surface area contributed by atoms with Gasteiger partial charge in [-0.3, -0.25) is 9.69 Å². The van der Waals surface area contributed by atoms with E-state index in [2.05, 4.69) is 20.4 Å². The average Bonchev–Trinajstić information content (AvgIpc) is 2.99. The number of likely N-dealkylation sites (tertiary alicyclic amines) is 1. The van der Waals surface area contributed by atoms with Crippen LogP contribution >= 0.6 is 0 Å². The molecule has 0 unspecified atom stereocenters. The highest BCUT2D eigenvalue weighted by Gasteiger charge is 2.34. The molecule has 4 rings (SSSR count). The predicted octanol–water partition coefficient (Wildman–Crippen LogP) is 1.99. The van der Waals surface area contributed by atoms with Gasteiger partial charge in [0.2, 0.25) is 11.8 Å². The first kappa shape index (κ1) is 14.4. The molecule has 3 heterocycles. The number of amides is 1. The minimum Gasteiger partial charge on any atom is -0.467 e. The van der Waals surface area contributed by atoms with Crippen LogP contribution < -0.4 is 5.32 Å². The van der Waals surface area contributed by atoms with Crippen LogP contribution in [0.2, 0.25) is 0 Å². The molecule has 0 bridgehead atoms. The van der Waals surface area contributed by atoms with Crippen molar-refractivity contribution in [3.63, 3.8) is 0 Å². The summed E-state index contributed by atoms with van der Waals surface area (Å²) in [6.07, 6.45) is 5.90. The van der Waals surface area contributed by atoms with Crippen molar-refractivity contribution in [3.8, 4) is 0 Å². The molecule has 2 aliphatic rings. The van der Waals surface area contributed by atoms with E-state index in [4.69, 9.17) is 8.94 Å². The smallest absolute Gasteiger partial charge is 0.234 e. The number of hydrogen-bond donors (Lipinski definition) is 1. The number of rotatable bonds is 6. The van der Waals surface area contributed by atoms with Crippen LogP contribution in [0.1, 0.15) is 55.1 Å². The lowest BCUT2D eigenvalue weighted by atomic mass is 10.2. The van der Waals surface area contributed by atoms with Crippen LogP contribution in [0.3, 0.4) is 0 Å². The molecule has 1 saturated carbocycles. The van der Waals surface area contributed by atoms with E-state index in [0.717, 1.165) is 49.7 Å². The van der Waals surface area contributed by atoms with E-state index in [1.165, 1.54) is 0 Å². The third kappa shape index (κ3) is 3.29. The molecule has 2 aromatic rings. The number of hydrogen-bond acceptors (Lipinski definition) is 6. The highest BCUT2D eigenvalue weighted by atomic mass is 16.5. The molecule has 2 fully saturated rings. The van der Waals surface area contributed by atoms with Gasteiger partial charge in [0.25, 0.3) is 0 Å². The molecule has 2 aromatic heterocycles. The van der Waals surface area contributed by atoms with Crippen molar-refractivity contribution in [2.75, 3.05) is 13.1 Å². The van der Waals surface area contributed by atoms with Crippen LogP contribution in [0.4, 0.5) is 0 Å². The molecule has 1 aliphatic heterocycles. The standard InChI is InChI=1S/C16H20N4O3/c21-14(17-9-12-3-2-8-22-12)10-20-7-1-4-13(20)15-18-16(23-19-15)11-5-6-11/h2-3,8,11,13H,1,4-7,9-10H2,(H,17,21)/t13-/m0/s1. The minimum atomic E-state index is -0.0146. The normalized spacial score (nSPS) is 21.7. The Morgan fingerprint density at radius 3 is 3.09 bits per heavy atom. The van der Waals surface area contributed by atoms with Gasteiger partial charge in [-0.25, -0.2) is 0 Å². The van der Waals surface area contributed by atoms with Crippen molar-refractivity contribution in [1.82, 2.24) is 20.4 Å². The highest BCUT2D eigenvalue weighted by Crippen LogP contribution is 2.40. The number of nitrogens with zero attached hydrogens (tertiary/aromatic N) is 3. The fraction of sp³-hybridized carbons (Fsp3) is 0.562. The molecule has 1 saturated heterocycles. The molecule has 1 N–H and O–H groups in total. The summed E-state index contributed by atoms with van der Waals surface area (Å²) in [6.45, 7) is 1.64. The number of aromatic nitrogens is 2. The Labute approximate surface area is 134 Å². The van der Waals surface area contributed by atoms with E-state index in [9.17, 15) is 4.79 Å². The molecule has 0 radical (unpaired) electrons. The van der Waals surface area contributed by atoms with Gasteiger partial charge in [0, 0.05) is 5.92 Å². The Morgan fingerprint density at radius 2 is 2.30 bits per heavy atom. The molecule has 0 aromatic carbocycles. The number of furan rings is 1. The van der Waals surface area contributed by atoms with Gasteiger partial charge in [-0.2, -0.15) is 4.98 Å². The minimum absolute atomic E-state index is 0.0146. The Hall–Kier alpha value is -2.15. The first-order chi connectivity index (χ1) is 11.3. The summed E-state index contributed by atoms with van der Waals surface area (Å²) in [5.41, 5.74) is 0. The second-order valence-electron chi connectivity index (χ2n) is 6.25. The maximum Gasteiger partial charge on any atom is 0.234 e. The van der Waals surface area contributed by atoms with Gasteiger partial charge in [-0.15, -0.1) is 0 Å². The van der Waals surface area contributed by atoms with Crippen LogP contribution in [0.5, 0.6) is 0 Å². The largest absolute Gasteiger partial charge is 0.467 e. The number of carbonyl (C=O) groups excluding carboxylic acids is 1. The monoisotopic (exact) mass is 316 g/mol. The summed E-state index contributed by atoms with van der Waals surface area (Å²) in [5.74, 6) is 2.68. The van der Waals surface area contributed by atoms with Crippen LogP contribution in [0, 0.1) is 0 Å². The maximum atomic E-state index is 12.1. The summed E-state index contributed by atoms with van der Waals surface area (Å²) >= 11 is 0. The second kappa shape index (κ2) is 6.16. The Kier molecular flexibility index (Phi) is 3.87. The first-order valence-corrected chi connectivity index (χ1v) is 8.16. The Balaban J connectivity index is 1.34. The zero-order valence-corrected chi connectivity index (χ0v) is 12.9. The molecule has 7 heteroatoms. The van der Waals surface area contributed by atoms with Crippen molar-refractivity contribution in [2.24, 2.45) is 0 Å². The summed E-state index contributed by atoms with van der Waals surface area (Å²) in [5, 5.41) is 7.01. The number of carbonyl (C=O) groups is 1. The van der Waals surface area contributed by atoms with E-state index < -0.39 is 0 Å². The van der Waals surface area contributed by atoms with Gasteiger partial charge >= 0.3 is 0 Å². The summed E-state index contributed by atoms with van der Waals surface area (Å²) in [6, 6.07) is 3.74. The zero-order chi connectivity index (χ0) is 15.6. The summed E-state index contributed by atoms with van der Waals surface area (Å²) in [7, 11) is 0. The predicted molar refractivity (Wildman–Crippen MR) is 80.4 cm³/mol. The van der Waals surface area contributed by atoms with Gasteiger partial charge in [0.1, 0.15) is 5.76 Å². The third-order valence-corrected chi connectivity index (χ3v) is 4.43. The van der Waals surface area contributed by atoms with Gasteiger partial charge in [0.05, 0.1) is 25.4 Å². The van der Waals surface area contributed by atoms with Crippen LogP contribution in [-0.4, -0.2) is 34.0 Å². The van der Waals surface area contributed by atoms with Gasteiger partial charge in [-0.1, -0.05) is 5.16 Å². The van der Waals surface area contributed by atoms with Crippen LogP contribution in [0.15, 0.2) is 27.3 Å². The van der Waals surface area contributed by atoms with E-state index >= 15 is 0 Å². The molecule has 1 aliphatic carbocycles. The third-order valence-electron chi connectivity index (χ3n) is 4.43. The molecule has 1 atom stereocenters. The Morgan fingerprint density at radius 1 is 1.39 bits per heavy atom. The molecular formula is C16H20N4O3. The van der Waals surface area contributed by atoms with Crippen molar-refractivity contribution in [2.45, 2.75) is 44.2 Å². The molecule has 23 heavy (non-hydrogen) atoms. The maximum absolute atomic E-state index is 12.1. The summed E-state index contributed by atoms with van der Waals surface area (Å²) < 4.78 is 10.6. The lowest BCUT2D eigenvalue weighted by Crippen LogP contribution is -2.36. The second-order valence-corrected chi connectivity index (χ2v) is 6.25. The van der Waals surface area contributed by atoms with E-state index in [1.807, 2.05) is 12.1 Å². The average molecular weight is 316 g/mol. The van der Waals surface area contributed by atoms with E-state index in [-0.39, 0.29) is 11.9 Å². The van der Waals surface area contributed by atoms with Crippen LogP contribution in [0.25, 0.3) is 0 Å². The Bertz CT molecular complexity index is 663. The van der Waals surface area contributed by atoms with Crippen molar-refractivity contribution in [3.05, 3.63) is 35.9 Å². The van der Waals surface area contributed by atoms with Crippen molar-refractivity contribution < 1.29 is 13.7 Å². The fourth-order valence-electron chi connectivity index (χ4n) is 3.03. The quantitative estimate of drug-likeness (QED) is 0.877. The SMILES string of the molecule is O=C(CN1CCC[C@H]1c1noc(C2CC2)n1)NCc1ccco1. The summed E-state index contributed by atoms with van der Waals surface area (Å²) in [4.78, 5) is 18.8. The lowest BCUT2D eigenvalue weighted by Gasteiger charge is -2.20. The molecular weight excluding hydrogens is 296 g/mol. The van der Waals surface area contributed by atoms with Crippen molar-refractivity contribution in [1.29, 1.82) is 0 Å². The molecule has 122 valence electrons. The van der Waals surface area contributed by atoms with Crippen molar-refractivity contribution >= 4 is 5.91 Å². The highest BCUT2D eigenvalue weighted by molar-refractivity contribution is 5.78. The topological polar surface area (TPSA) is 84.4 Å². The lowest BCUT2D eigenvalue weighted by molar-refractivity contribution is -0.122. The van der Waals surface area contributed by atoms with Gasteiger partial charge < -0.3 is 14.3 Å². The molecule has 0 spiro atoms. The van der Waals surface area contributed by atoms with E-state index in [1.54, 1.807) is 6.26 Å². The van der Waals surface area contributed by atoms with Gasteiger partial charge in [0.15, 0.2) is 5.82 Å². The molecule has 7 nitrogen and oxygen atoms in total.